The number of hydrogen-bond donors (Lipinski definition) is 1. The van der Waals surface area contributed by atoms with Gasteiger partial charge >= 0.3 is 0 Å². The fourth-order valence-corrected chi connectivity index (χ4v) is 2.25. The zero-order valence-electron chi connectivity index (χ0n) is 11.2. The van der Waals surface area contributed by atoms with Gasteiger partial charge in [0.25, 0.3) is 0 Å². The molecule has 1 saturated heterocycles. The van der Waals surface area contributed by atoms with Gasteiger partial charge in [0.1, 0.15) is 6.04 Å². The molecule has 0 radical (unpaired) electrons. The maximum Gasteiger partial charge on any atom is 0.245 e. The molecule has 2 rings (SSSR count). The number of benzene rings is 1. The summed E-state index contributed by atoms with van der Waals surface area (Å²) in [4.78, 5) is 25.1. The predicted octanol–water partition coefficient (Wildman–Crippen LogP) is 1.59. The van der Waals surface area contributed by atoms with Crippen LogP contribution < -0.4 is 5.32 Å². The first kappa shape index (κ1) is 14.4. The second-order valence-electron chi connectivity index (χ2n) is 4.85. The average molecular weight is 282 g/mol. The highest BCUT2D eigenvalue weighted by Crippen LogP contribution is 2.14. The highest BCUT2D eigenvalue weighted by Gasteiger charge is 2.31. The fraction of sp³-hybridized carbons (Fsp3) is 0.429. The Balaban J connectivity index is 2.12. The third kappa shape index (κ3) is 3.12. The zero-order chi connectivity index (χ0) is 14.7. The Morgan fingerprint density at radius 3 is 2.70 bits per heavy atom. The molecule has 6 heteroatoms. The van der Waals surface area contributed by atoms with Crippen molar-refractivity contribution in [3.05, 3.63) is 35.4 Å². The van der Waals surface area contributed by atoms with Gasteiger partial charge in [0, 0.05) is 6.54 Å². The van der Waals surface area contributed by atoms with Gasteiger partial charge in [0.2, 0.25) is 11.8 Å². The van der Waals surface area contributed by atoms with Crippen molar-refractivity contribution in [2.24, 2.45) is 0 Å². The molecule has 1 unspecified atom stereocenters. The third-order valence-electron chi connectivity index (χ3n) is 3.21. The smallest absolute Gasteiger partial charge is 0.245 e. The van der Waals surface area contributed by atoms with E-state index in [2.05, 4.69) is 5.32 Å². The van der Waals surface area contributed by atoms with Crippen molar-refractivity contribution >= 4 is 11.8 Å². The van der Waals surface area contributed by atoms with Crippen LogP contribution in [0.15, 0.2) is 18.2 Å². The molecule has 0 bridgehead atoms. The summed E-state index contributed by atoms with van der Waals surface area (Å²) in [5, 5.41) is 2.64. The SMILES string of the molecule is CCCC1NC(=O)CN(Cc2ccc(F)c(F)c2)C1=O. The van der Waals surface area contributed by atoms with E-state index in [0.717, 1.165) is 18.6 Å². The molecule has 1 heterocycles. The number of nitrogens with zero attached hydrogens (tertiary/aromatic N) is 1. The summed E-state index contributed by atoms with van der Waals surface area (Å²) in [7, 11) is 0. The third-order valence-corrected chi connectivity index (χ3v) is 3.21. The van der Waals surface area contributed by atoms with Gasteiger partial charge in [-0.1, -0.05) is 19.4 Å². The van der Waals surface area contributed by atoms with Crippen LogP contribution >= 0.6 is 0 Å². The molecule has 0 spiro atoms. The molecule has 2 amide bonds. The minimum Gasteiger partial charge on any atom is -0.343 e. The minimum atomic E-state index is -0.957. The van der Waals surface area contributed by atoms with E-state index in [0.29, 0.717) is 12.0 Å². The largest absolute Gasteiger partial charge is 0.343 e. The molecule has 1 N–H and O–H groups in total. The van der Waals surface area contributed by atoms with Gasteiger partial charge in [0.15, 0.2) is 11.6 Å². The first-order valence-electron chi connectivity index (χ1n) is 6.53. The predicted molar refractivity (Wildman–Crippen MR) is 68.6 cm³/mol. The standard InChI is InChI=1S/C14H16F2N2O2/c1-2-3-12-14(20)18(8-13(19)17-12)7-9-4-5-10(15)11(16)6-9/h4-6,12H,2-3,7-8H2,1H3,(H,17,19). The molecule has 0 aromatic heterocycles. The van der Waals surface area contributed by atoms with Crippen molar-refractivity contribution in [1.29, 1.82) is 0 Å². The molecule has 1 aromatic rings. The van der Waals surface area contributed by atoms with E-state index in [4.69, 9.17) is 0 Å². The van der Waals surface area contributed by atoms with Crippen molar-refractivity contribution in [2.45, 2.75) is 32.4 Å². The maximum atomic E-state index is 13.1. The lowest BCUT2D eigenvalue weighted by atomic mass is 10.1. The van der Waals surface area contributed by atoms with Crippen LogP contribution in [0.5, 0.6) is 0 Å². The van der Waals surface area contributed by atoms with Gasteiger partial charge in [-0.3, -0.25) is 9.59 Å². The van der Waals surface area contributed by atoms with E-state index in [-0.39, 0.29) is 24.9 Å². The van der Waals surface area contributed by atoms with E-state index >= 15 is 0 Å². The summed E-state index contributed by atoms with van der Waals surface area (Å²) >= 11 is 0. The molecule has 0 saturated carbocycles. The lowest BCUT2D eigenvalue weighted by Crippen LogP contribution is -2.57. The Hall–Kier alpha value is -1.98. The minimum absolute atomic E-state index is 0.0575. The average Bonchev–Trinajstić information content (AvgIpc) is 2.39. The lowest BCUT2D eigenvalue weighted by molar-refractivity contribution is -0.145. The maximum absolute atomic E-state index is 13.1. The van der Waals surface area contributed by atoms with Crippen molar-refractivity contribution in [1.82, 2.24) is 10.2 Å². The van der Waals surface area contributed by atoms with E-state index in [9.17, 15) is 18.4 Å². The normalized spacial score (nSPS) is 19.1. The molecule has 1 aromatic carbocycles. The highest BCUT2D eigenvalue weighted by molar-refractivity contribution is 5.94. The van der Waals surface area contributed by atoms with E-state index < -0.39 is 17.7 Å². The lowest BCUT2D eigenvalue weighted by Gasteiger charge is -2.32. The van der Waals surface area contributed by atoms with E-state index in [1.807, 2.05) is 6.92 Å². The highest BCUT2D eigenvalue weighted by atomic mass is 19.2. The van der Waals surface area contributed by atoms with Crippen LogP contribution in [-0.4, -0.2) is 29.3 Å². The number of carbonyl (C=O) groups excluding carboxylic acids is 2. The summed E-state index contributed by atoms with van der Waals surface area (Å²) in [6.45, 7) is 1.97. The first-order chi connectivity index (χ1) is 9.51. The summed E-state index contributed by atoms with van der Waals surface area (Å²) in [6.07, 6.45) is 1.34. The fourth-order valence-electron chi connectivity index (χ4n) is 2.25. The Morgan fingerprint density at radius 2 is 2.05 bits per heavy atom. The molecular weight excluding hydrogens is 266 g/mol. The van der Waals surface area contributed by atoms with Gasteiger partial charge in [0.05, 0.1) is 6.54 Å². The molecule has 0 aliphatic carbocycles. The Labute approximate surface area is 115 Å². The van der Waals surface area contributed by atoms with Crippen LogP contribution in [0.1, 0.15) is 25.3 Å². The van der Waals surface area contributed by atoms with Gasteiger partial charge in [-0.2, -0.15) is 0 Å². The van der Waals surface area contributed by atoms with Crippen LogP contribution in [0.3, 0.4) is 0 Å². The summed E-state index contributed by atoms with van der Waals surface area (Å²) in [5.74, 6) is -2.30. The quantitative estimate of drug-likeness (QED) is 0.911. The Bertz CT molecular complexity index is 534. The number of amides is 2. The Morgan fingerprint density at radius 1 is 1.30 bits per heavy atom. The van der Waals surface area contributed by atoms with Gasteiger partial charge in [-0.15, -0.1) is 0 Å². The number of hydrogen-bond acceptors (Lipinski definition) is 2. The number of nitrogens with one attached hydrogen (secondary N) is 1. The van der Waals surface area contributed by atoms with Crippen LogP contribution in [0, 0.1) is 11.6 Å². The molecule has 1 fully saturated rings. The molecule has 1 aliphatic heterocycles. The van der Waals surface area contributed by atoms with Gasteiger partial charge in [-0.05, 0) is 24.1 Å². The summed E-state index contributed by atoms with van der Waals surface area (Å²) in [6, 6.07) is 2.95. The topological polar surface area (TPSA) is 49.4 Å². The van der Waals surface area contributed by atoms with Crippen LogP contribution in [0.4, 0.5) is 8.78 Å². The molecule has 1 aliphatic rings. The first-order valence-corrected chi connectivity index (χ1v) is 6.53. The van der Waals surface area contributed by atoms with Gasteiger partial charge in [-0.25, -0.2) is 8.78 Å². The number of carbonyl (C=O) groups is 2. The molecule has 20 heavy (non-hydrogen) atoms. The van der Waals surface area contributed by atoms with Gasteiger partial charge < -0.3 is 10.2 Å². The second kappa shape index (κ2) is 5.98. The number of rotatable bonds is 4. The van der Waals surface area contributed by atoms with Crippen molar-refractivity contribution in [3.63, 3.8) is 0 Å². The zero-order valence-corrected chi connectivity index (χ0v) is 11.2. The van der Waals surface area contributed by atoms with E-state index in [1.165, 1.54) is 11.0 Å². The molecule has 108 valence electrons. The molecule has 4 nitrogen and oxygen atoms in total. The summed E-state index contributed by atoms with van der Waals surface area (Å²) in [5.41, 5.74) is 0.460. The van der Waals surface area contributed by atoms with Crippen LogP contribution in [0.25, 0.3) is 0 Å². The van der Waals surface area contributed by atoms with Crippen LogP contribution in [0.2, 0.25) is 0 Å². The molecule has 1 atom stereocenters. The van der Waals surface area contributed by atoms with E-state index in [1.54, 1.807) is 0 Å². The monoisotopic (exact) mass is 282 g/mol. The second-order valence-corrected chi connectivity index (χ2v) is 4.85. The Kier molecular flexibility index (Phi) is 4.32. The number of piperazine rings is 1. The summed E-state index contributed by atoms with van der Waals surface area (Å²) < 4.78 is 26.0. The van der Waals surface area contributed by atoms with Crippen molar-refractivity contribution < 1.29 is 18.4 Å². The number of halogens is 2. The van der Waals surface area contributed by atoms with Crippen molar-refractivity contribution in [3.8, 4) is 0 Å². The molecular formula is C14H16F2N2O2. The van der Waals surface area contributed by atoms with Crippen molar-refractivity contribution in [2.75, 3.05) is 6.54 Å². The van der Waals surface area contributed by atoms with Crippen LogP contribution in [-0.2, 0) is 16.1 Å².